The standard InChI is InChI=1S/C22H31N3O/c1-14(2)11-18-17-9-6-10-20-21(17)15(13-25(20)3)12-19(24-18)22(26)23-16-7-4-5-8-16/h6,9-10,13-14,16,18-19,24H,4-5,7-8,11-12H2,1-3H3,(H,23,26). The van der Waals surface area contributed by atoms with Gasteiger partial charge in [-0.2, -0.15) is 0 Å². The van der Waals surface area contributed by atoms with Crippen molar-refractivity contribution in [2.45, 2.75) is 70.5 Å². The smallest absolute Gasteiger partial charge is 0.237 e. The van der Waals surface area contributed by atoms with Crippen LogP contribution in [0.4, 0.5) is 0 Å². The van der Waals surface area contributed by atoms with E-state index in [9.17, 15) is 4.79 Å². The van der Waals surface area contributed by atoms with Gasteiger partial charge < -0.3 is 9.88 Å². The van der Waals surface area contributed by atoms with Gasteiger partial charge in [-0.15, -0.1) is 0 Å². The molecule has 1 saturated carbocycles. The van der Waals surface area contributed by atoms with E-state index in [2.05, 4.69) is 60.5 Å². The Kier molecular flexibility index (Phi) is 4.78. The zero-order valence-electron chi connectivity index (χ0n) is 16.2. The molecule has 1 amide bonds. The molecule has 1 fully saturated rings. The molecule has 1 aromatic heterocycles. The quantitative estimate of drug-likeness (QED) is 0.877. The summed E-state index contributed by atoms with van der Waals surface area (Å²) in [5.74, 6) is 0.752. The van der Waals surface area contributed by atoms with Crippen LogP contribution < -0.4 is 10.6 Å². The molecule has 140 valence electrons. The molecule has 1 aromatic carbocycles. The first kappa shape index (κ1) is 17.6. The van der Waals surface area contributed by atoms with Crippen LogP contribution in [0.5, 0.6) is 0 Å². The topological polar surface area (TPSA) is 46.1 Å². The maximum atomic E-state index is 13.0. The molecule has 2 N–H and O–H groups in total. The van der Waals surface area contributed by atoms with Gasteiger partial charge in [-0.05, 0) is 48.8 Å². The molecule has 0 bridgehead atoms. The summed E-state index contributed by atoms with van der Waals surface area (Å²) in [7, 11) is 2.11. The number of carbonyl (C=O) groups is 1. The summed E-state index contributed by atoms with van der Waals surface area (Å²) in [6.07, 6.45) is 8.76. The normalized spacial score (nSPS) is 23.5. The summed E-state index contributed by atoms with van der Waals surface area (Å²) in [6, 6.07) is 7.01. The fraction of sp³-hybridized carbons (Fsp3) is 0.591. The van der Waals surface area contributed by atoms with Gasteiger partial charge in [-0.1, -0.05) is 38.8 Å². The SMILES string of the molecule is CC(C)CC1NC(C(=O)NC2CCCC2)Cc2cn(C)c3cccc1c23. The van der Waals surface area contributed by atoms with Gasteiger partial charge in [-0.3, -0.25) is 10.1 Å². The summed E-state index contributed by atoms with van der Waals surface area (Å²) in [5.41, 5.74) is 3.91. The number of hydrogen-bond donors (Lipinski definition) is 2. The summed E-state index contributed by atoms with van der Waals surface area (Å²) in [4.78, 5) is 13.0. The molecule has 4 heteroatoms. The van der Waals surface area contributed by atoms with E-state index < -0.39 is 0 Å². The van der Waals surface area contributed by atoms with Crippen molar-refractivity contribution in [3.63, 3.8) is 0 Å². The van der Waals surface area contributed by atoms with Crippen LogP contribution in [0.2, 0.25) is 0 Å². The van der Waals surface area contributed by atoms with E-state index >= 15 is 0 Å². The molecule has 2 aromatic rings. The van der Waals surface area contributed by atoms with E-state index in [-0.39, 0.29) is 18.0 Å². The predicted molar refractivity (Wildman–Crippen MR) is 106 cm³/mol. The molecule has 2 aliphatic rings. The Balaban J connectivity index is 1.68. The van der Waals surface area contributed by atoms with Gasteiger partial charge in [-0.25, -0.2) is 0 Å². The number of carbonyl (C=O) groups excluding carboxylic acids is 1. The lowest BCUT2D eigenvalue weighted by Gasteiger charge is -2.26. The molecule has 4 rings (SSSR count). The maximum absolute atomic E-state index is 13.0. The Morgan fingerprint density at radius 3 is 2.81 bits per heavy atom. The Morgan fingerprint density at radius 2 is 2.08 bits per heavy atom. The molecule has 4 nitrogen and oxygen atoms in total. The Labute approximate surface area is 156 Å². The molecule has 0 saturated heterocycles. The molecule has 2 heterocycles. The number of rotatable bonds is 4. The van der Waals surface area contributed by atoms with Gasteiger partial charge in [0, 0.05) is 36.2 Å². The van der Waals surface area contributed by atoms with Gasteiger partial charge in [0.1, 0.15) is 0 Å². The number of benzene rings is 1. The van der Waals surface area contributed by atoms with Crippen molar-refractivity contribution < 1.29 is 4.79 Å². The highest BCUT2D eigenvalue weighted by molar-refractivity contribution is 5.90. The monoisotopic (exact) mass is 353 g/mol. The lowest BCUT2D eigenvalue weighted by Crippen LogP contribution is -2.49. The van der Waals surface area contributed by atoms with Gasteiger partial charge in [0.15, 0.2) is 0 Å². The second-order valence-electron chi connectivity index (χ2n) is 8.60. The van der Waals surface area contributed by atoms with Gasteiger partial charge in [0.25, 0.3) is 0 Å². The number of nitrogens with zero attached hydrogens (tertiary/aromatic N) is 1. The van der Waals surface area contributed by atoms with E-state index in [1.807, 2.05) is 0 Å². The number of amides is 1. The van der Waals surface area contributed by atoms with Crippen LogP contribution in [-0.2, 0) is 18.3 Å². The minimum Gasteiger partial charge on any atom is -0.352 e. The molecule has 2 unspecified atom stereocenters. The second-order valence-corrected chi connectivity index (χ2v) is 8.60. The molecule has 1 aliphatic carbocycles. The highest BCUT2D eigenvalue weighted by Crippen LogP contribution is 2.35. The fourth-order valence-electron chi connectivity index (χ4n) is 4.83. The Morgan fingerprint density at radius 1 is 1.31 bits per heavy atom. The van der Waals surface area contributed by atoms with Crippen molar-refractivity contribution in [3.8, 4) is 0 Å². The van der Waals surface area contributed by atoms with E-state index in [0.29, 0.717) is 12.0 Å². The van der Waals surface area contributed by atoms with Crippen molar-refractivity contribution in [2.75, 3.05) is 0 Å². The highest BCUT2D eigenvalue weighted by Gasteiger charge is 2.31. The zero-order chi connectivity index (χ0) is 18.3. The third kappa shape index (κ3) is 3.27. The van der Waals surface area contributed by atoms with Gasteiger partial charge in [0.2, 0.25) is 5.91 Å². The maximum Gasteiger partial charge on any atom is 0.237 e. The molecule has 0 radical (unpaired) electrons. The third-order valence-electron chi connectivity index (χ3n) is 6.05. The van der Waals surface area contributed by atoms with Crippen molar-refractivity contribution >= 4 is 16.8 Å². The largest absolute Gasteiger partial charge is 0.352 e. The highest BCUT2D eigenvalue weighted by atomic mass is 16.2. The first-order valence-electron chi connectivity index (χ1n) is 10.2. The van der Waals surface area contributed by atoms with E-state index in [1.54, 1.807) is 0 Å². The van der Waals surface area contributed by atoms with Crippen LogP contribution in [-0.4, -0.2) is 22.6 Å². The average molecular weight is 354 g/mol. The first-order valence-corrected chi connectivity index (χ1v) is 10.2. The molecule has 0 spiro atoms. The van der Waals surface area contributed by atoms with E-state index in [1.165, 1.54) is 34.9 Å². The van der Waals surface area contributed by atoms with Crippen LogP contribution in [0.1, 0.15) is 63.1 Å². The van der Waals surface area contributed by atoms with Crippen molar-refractivity contribution in [2.24, 2.45) is 13.0 Å². The van der Waals surface area contributed by atoms with Crippen molar-refractivity contribution in [1.82, 2.24) is 15.2 Å². The number of aromatic nitrogens is 1. The number of aryl methyl sites for hydroxylation is 1. The van der Waals surface area contributed by atoms with Crippen LogP contribution in [0.25, 0.3) is 10.9 Å². The van der Waals surface area contributed by atoms with Crippen LogP contribution in [0.15, 0.2) is 24.4 Å². The van der Waals surface area contributed by atoms with E-state index in [4.69, 9.17) is 0 Å². The molecule has 2 atom stereocenters. The molecular weight excluding hydrogens is 322 g/mol. The zero-order valence-corrected chi connectivity index (χ0v) is 16.2. The second kappa shape index (κ2) is 7.07. The van der Waals surface area contributed by atoms with Crippen LogP contribution in [0.3, 0.4) is 0 Å². The first-order chi connectivity index (χ1) is 12.5. The Bertz CT molecular complexity index is 801. The number of nitrogens with one attached hydrogen (secondary N) is 2. The predicted octanol–water partition coefficient (Wildman–Crippen LogP) is 3.84. The summed E-state index contributed by atoms with van der Waals surface area (Å²) in [5, 5.41) is 8.37. The summed E-state index contributed by atoms with van der Waals surface area (Å²) < 4.78 is 2.21. The summed E-state index contributed by atoms with van der Waals surface area (Å²) in [6.45, 7) is 4.51. The lowest BCUT2D eigenvalue weighted by molar-refractivity contribution is -0.124. The molecule has 26 heavy (non-hydrogen) atoms. The molecular formula is C22H31N3O. The van der Waals surface area contributed by atoms with Crippen LogP contribution in [0, 0.1) is 5.92 Å². The average Bonchev–Trinajstić information content (AvgIpc) is 3.17. The minimum absolute atomic E-state index is 0.155. The van der Waals surface area contributed by atoms with Gasteiger partial charge in [0.05, 0.1) is 6.04 Å². The van der Waals surface area contributed by atoms with Crippen molar-refractivity contribution in [1.29, 1.82) is 0 Å². The number of hydrogen-bond acceptors (Lipinski definition) is 2. The van der Waals surface area contributed by atoms with Crippen LogP contribution >= 0.6 is 0 Å². The molecule has 1 aliphatic heterocycles. The fourth-order valence-corrected chi connectivity index (χ4v) is 4.83. The third-order valence-corrected chi connectivity index (χ3v) is 6.05. The van der Waals surface area contributed by atoms with Gasteiger partial charge >= 0.3 is 0 Å². The Hall–Kier alpha value is -1.81. The lowest BCUT2D eigenvalue weighted by atomic mass is 9.94. The minimum atomic E-state index is -0.155. The summed E-state index contributed by atoms with van der Waals surface area (Å²) >= 11 is 0. The van der Waals surface area contributed by atoms with E-state index in [0.717, 1.165) is 25.7 Å². The van der Waals surface area contributed by atoms with Crippen molar-refractivity contribution in [3.05, 3.63) is 35.5 Å².